The van der Waals surface area contributed by atoms with Crippen LogP contribution in [0.4, 0.5) is 13.2 Å². The summed E-state index contributed by atoms with van der Waals surface area (Å²) in [5.74, 6) is -0.787. The molecule has 1 aliphatic heterocycles. The highest BCUT2D eigenvalue weighted by Crippen LogP contribution is 2.45. The molecule has 0 aromatic carbocycles. The highest BCUT2D eigenvalue weighted by Gasteiger charge is 2.49. The van der Waals surface area contributed by atoms with Gasteiger partial charge in [0.25, 0.3) is 5.56 Å². The van der Waals surface area contributed by atoms with Gasteiger partial charge in [-0.25, -0.2) is 4.79 Å². The Morgan fingerprint density at radius 1 is 1.25 bits per heavy atom. The largest absolute Gasteiger partial charge is 0.534 e. The molecule has 14 heteroatoms. The van der Waals surface area contributed by atoms with E-state index in [1.165, 1.54) is 0 Å². The van der Waals surface area contributed by atoms with Gasteiger partial charge in [-0.3, -0.25) is 14.3 Å². The van der Waals surface area contributed by atoms with Crippen molar-refractivity contribution >= 4 is 18.4 Å². The first-order valence-corrected chi connectivity index (χ1v) is 14.4. The third kappa shape index (κ3) is 5.46. The predicted molar refractivity (Wildman–Crippen MR) is 112 cm³/mol. The molecule has 1 aliphatic rings. The standard InChI is InChI=1S/C18H29F3N2O7SSi/c1-11(2)17(3,4)32(5,6)28-10-12-7-8-14(29-12)23-9-13(15(24)22-16(23)25)30-31(26,27)18(19,20)21/h9,11-12,14H,7-8,10H2,1-6H3,(H,22,24,25)/t12-,14+/m0/s1. The van der Waals surface area contributed by atoms with Crippen LogP contribution in [-0.4, -0.2) is 44.5 Å². The summed E-state index contributed by atoms with van der Waals surface area (Å²) in [5.41, 5.74) is -8.10. The molecule has 0 aliphatic carbocycles. The van der Waals surface area contributed by atoms with Gasteiger partial charge in [-0.15, -0.1) is 0 Å². The lowest BCUT2D eigenvalue weighted by Gasteiger charge is -2.42. The summed E-state index contributed by atoms with van der Waals surface area (Å²) in [7, 11) is -8.20. The maximum absolute atomic E-state index is 12.6. The Labute approximate surface area is 185 Å². The number of hydrogen-bond donors (Lipinski definition) is 1. The lowest BCUT2D eigenvalue weighted by atomic mass is 9.99. The first-order chi connectivity index (χ1) is 14.4. The fourth-order valence-electron chi connectivity index (χ4n) is 3.10. The SMILES string of the molecule is CC(C)C(C)(C)[Si](C)(C)OC[C@@H]1CC[C@H](n2cc(OS(=O)(=O)C(F)(F)F)c(=O)[nH]c2=O)O1. The Balaban J connectivity index is 2.16. The molecule has 2 heterocycles. The van der Waals surface area contributed by atoms with Gasteiger partial charge in [-0.05, 0) is 36.9 Å². The fraction of sp³-hybridized carbons (Fsp3) is 0.778. The maximum atomic E-state index is 12.6. The van der Waals surface area contributed by atoms with Crippen molar-refractivity contribution in [3.05, 3.63) is 27.0 Å². The van der Waals surface area contributed by atoms with E-state index in [-0.39, 0.29) is 17.7 Å². The van der Waals surface area contributed by atoms with Gasteiger partial charge in [0.1, 0.15) is 6.23 Å². The molecular weight excluding hydrogens is 473 g/mol. The minimum atomic E-state index is -6.07. The van der Waals surface area contributed by atoms with Crippen molar-refractivity contribution in [1.82, 2.24) is 9.55 Å². The first-order valence-electron chi connectivity index (χ1n) is 10.0. The zero-order chi connectivity index (χ0) is 24.7. The van der Waals surface area contributed by atoms with Gasteiger partial charge >= 0.3 is 21.3 Å². The summed E-state index contributed by atoms with van der Waals surface area (Å²) in [4.78, 5) is 25.7. The van der Waals surface area contributed by atoms with Crippen molar-refractivity contribution in [3.8, 4) is 5.75 Å². The minimum absolute atomic E-state index is 0.0168. The third-order valence-corrected chi connectivity index (χ3v) is 12.0. The monoisotopic (exact) mass is 502 g/mol. The van der Waals surface area contributed by atoms with Gasteiger partial charge in [0.05, 0.1) is 18.9 Å². The maximum Gasteiger partial charge on any atom is 0.534 e. The molecule has 9 nitrogen and oxygen atoms in total. The average Bonchev–Trinajstić information content (AvgIpc) is 3.09. The predicted octanol–water partition coefficient (Wildman–Crippen LogP) is 3.10. The Morgan fingerprint density at radius 3 is 2.38 bits per heavy atom. The van der Waals surface area contributed by atoms with Crippen LogP contribution in [0.2, 0.25) is 18.1 Å². The van der Waals surface area contributed by atoms with Crippen molar-refractivity contribution in [2.75, 3.05) is 6.61 Å². The molecule has 0 unspecified atom stereocenters. The number of halogens is 3. The van der Waals surface area contributed by atoms with Crippen LogP contribution in [0.15, 0.2) is 15.8 Å². The summed E-state index contributed by atoms with van der Waals surface area (Å²) in [5, 5.41) is -0.0168. The number of aromatic nitrogens is 2. The second-order valence-electron chi connectivity index (χ2n) is 9.13. The van der Waals surface area contributed by atoms with E-state index in [0.717, 1.165) is 4.57 Å². The number of aromatic amines is 1. The molecule has 1 saturated heterocycles. The number of H-pyrrole nitrogens is 1. The van der Waals surface area contributed by atoms with Crippen LogP contribution in [0.1, 0.15) is 46.8 Å². The topological polar surface area (TPSA) is 117 Å². The van der Waals surface area contributed by atoms with Crippen LogP contribution < -0.4 is 15.4 Å². The quantitative estimate of drug-likeness (QED) is 0.330. The zero-order valence-electron chi connectivity index (χ0n) is 18.8. The van der Waals surface area contributed by atoms with E-state index in [1.54, 1.807) is 4.98 Å². The second kappa shape index (κ2) is 8.95. The van der Waals surface area contributed by atoms with Crippen LogP contribution in [0.25, 0.3) is 0 Å². The summed E-state index contributed by atoms with van der Waals surface area (Å²) in [6.45, 7) is 13.0. The molecule has 0 amide bonds. The van der Waals surface area contributed by atoms with E-state index < -0.39 is 47.2 Å². The average molecular weight is 503 g/mol. The molecule has 32 heavy (non-hydrogen) atoms. The number of alkyl halides is 3. The van der Waals surface area contributed by atoms with Gasteiger partial charge in [-0.1, -0.05) is 27.7 Å². The molecule has 0 saturated carbocycles. The van der Waals surface area contributed by atoms with Crippen molar-refractivity contribution in [1.29, 1.82) is 0 Å². The number of nitrogens with one attached hydrogen (secondary N) is 1. The lowest BCUT2D eigenvalue weighted by molar-refractivity contribution is -0.0501. The minimum Gasteiger partial charge on any atom is -0.414 e. The van der Waals surface area contributed by atoms with E-state index in [0.29, 0.717) is 25.0 Å². The highest BCUT2D eigenvalue weighted by atomic mass is 32.2. The molecule has 2 atom stereocenters. The van der Waals surface area contributed by atoms with E-state index in [9.17, 15) is 31.2 Å². The number of ether oxygens (including phenoxy) is 1. The van der Waals surface area contributed by atoms with E-state index >= 15 is 0 Å². The van der Waals surface area contributed by atoms with Gasteiger partial charge in [0.2, 0.25) is 5.75 Å². The number of nitrogens with zero attached hydrogens (tertiary/aromatic N) is 1. The van der Waals surface area contributed by atoms with Gasteiger partial charge < -0.3 is 13.3 Å². The zero-order valence-corrected chi connectivity index (χ0v) is 20.6. The smallest absolute Gasteiger partial charge is 0.414 e. The van der Waals surface area contributed by atoms with E-state index in [1.807, 2.05) is 0 Å². The van der Waals surface area contributed by atoms with Crippen LogP contribution in [0.5, 0.6) is 5.75 Å². The lowest BCUT2D eigenvalue weighted by Crippen LogP contribution is -2.46. The first kappa shape index (κ1) is 26.6. The molecule has 0 radical (unpaired) electrons. The second-order valence-corrected chi connectivity index (χ2v) is 15.3. The Hall–Kier alpha value is -1.64. The summed E-state index contributed by atoms with van der Waals surface area (Å²) >= 11 is 0. The molecule has 1 fully saturated rings. The van der Waals surface area contributed by atoms with Crippen molar-refractivity contribution < 1.29 is 34.9 Å². The van der Waals surface area contributed by atoms with E-state index in [4.69, 9.17) is 9.16 Å². The van der Waals surface area contributed by atoms with Crippen LogP contribution in [0.3, 0.4) is 0 Å². The summed E-state index contributed by atoms with van der Waals surface area (Å²) in [6.07, 6.45) is 0.114. The van der Waals surface area contributed by atoms with Gasteiger partial charge in [0, 0.05) is 0 Å². The normalized spacial score (nSPS) is 20.7. The number of rotatable bonds is 8. The van der Waals surface area contributed by atoms with Crippen LogP contribution >= 0.6 is 0 Å². The molecule has 2 rings (SSSR count). The number of hydrogen-bond acceptors (Lipinski definition) is 7. The molecule has 0 spiro atoms. The van der Waals surface area contributed by atoms with Crippen LogP contribution in [-0.2, 0) is 19.3 Å². The molecule has 0 bridgehead atoms. The van der Waals surface area contributed by atoms with Crippen molar-refractivity contribution in [3.63, 3.8) is 0 Å². The molecule has 1 aromatic rings. The molecule has 184 valence electrons. The summed E-state index contributed by atoms with van der Waals surface area (Å²) < 4.78 is 76.9. The van der Waals surface area contributed by atoms with E-state index in [2.05, 4.69) is 45.0 Å². The third-order valence-electron chi connectivity index (χ3n) is 6.44. The molecular formula is C18H29F3N2O7SSi. The summed E-state index contributed by atoms with van der Waals surface area (Å²) in [6, 6.07) is 0. The Bertz CT molecular complexity index is 1050. The highest BCUT2D eigenvalue weighted by molar-refractivity contribution is 7.88. The Morgan fingerprint density at radius 2 is 1.84 bits per heavy atom. The van der Waals surface area contributed by atoms with Crippen LogP contribution in [0, 0.1) is 5.92 Å². The molecule has 1 N–H and O–H groups in total. The van der Waals surface area contributed by atoms with Gasteiger partial charge in [0.15, 0.2) is 8.32 Å². The van der Waals surface area contributed by atoms with Crippen molar-refractivity contribution in [2.24, 2.45) is 5.92 Å². The Kier molecular flexibility index (Phi) is 7.44. The van der Waals surface area contributed by atoms with Gasteiger partial charge in [-0.2, -0.15) is 21.6 Å². The fourth-order valence-corrected chi connectivity index (χ4v) is 5.92. The van der Waals surface area contributed by atoms with Crippen molar-refractivity contribution in [2.45, 2.75) is 76.5 Å². The molecule has 1 aromatic heterocycles.